The average Bonchev–Trinajstić information content (AvgIpc) is 2.96. The van der Waals surface area contributed by atoms with E-state index in [2.05, 4.69) is 42.7 Å². The molecule has 0 radical (unpaired) electrons. The summed E-state index contributed by atoms with van der Waals surface area (Å²) in [4.78, 5) is 33.0. The zero-order valence-corrected chi connectivity index (χ0v) is 22.9. The summed E-state index contributed by atoms with van der Waals surface area (Å²) in [5.74, 6) is 0.659. The molecule has 0 N–H and O–H groups in total. The van der Waals surface area contributed by atoms with Gasteiger partial charge in [0.05, 0.1) is 6.04 Å². The fourth-order valence-corrected chi connectivity index (χ4v) is 5.68. The Labute approximate surface area is 231 Å². The summed E-state index contributed by atoms with van der Waals surface area (Å²) in [7, 11) is 0. The summed E-state index contributed by atoms with van der Waals surface area (Å²) in [6.45, 7) is 12.2. The molecule has 0 saturated carbocycles. The topological polar surface area (TPSA) is 53.1 Å². The SMILES string of the molecule is C=CCN1CCN(C(=O)[C@H](C)Oc2ccc3c(c2)[C@H](c2cccc(C)c2)N(C(=O)c2ccccc2)CC3)CC1. The van der Waals surface area contributed by atoms with Gasteiger partial charge < -0.3 is 14.5 Å². The summed E-state index contributed by atoms with van der Waals surface area (Å²) in [5.41, 5.74) is 5.14. The molecule has 0 bridgehead atoms. The molecule has 202 valence electrons. The minimum absolute atomic E-state index is 0.00194. The van der Waals surface area contributed by atoms with Crippen LogP contribution in [0.4, 0.5) is 0 Å². The maximum atomic E-state index is 13.7. The zero-order valence-electron chi connectivity index (χ0n) is 22.9. The van der Waals surface area contributed by atoms with Crippen molar-refractivity contribution >= 4 is 11.8 Å². The first-order valence-electron chi connectivity index (χ1n) is 13.8. The Morgan fingerprint density at radius 3 is 2.46 bits per heavy atom. The molecular weight excluding hydrogens is 486 g/mol. The van der Waals surface area contributed by atoms with Crippen LogP contribution in [0.3, 0.4) is 0 Å². The Balaban J connectivity index is 1.40. The smallest absolute Gasteiger partial charge is 0.263 e. The summed E-state index contributed by atoms with van der Waals surface area (Å²) >= 11 is 0. The second-order valence-electron chi connectivity index (χ2n) is 10.5. The Hall–Kier alpha value is -3.90. The van der Waals surface area contributed by atoms with Crippen LogP contribution in [0, 0.1) is 6.92 Å². The van der Waals surface area contributed by atoms with E-state index in [1.54, 1.807) is 0 Å². The second-order valence-corrected chi connectivity index (χ2v) is 10.5. The van der Waals surface area contributed by atoms with Crippen LogP contribution in [-0.4, -0.2) is 71.9 Å². The highest BCUT2D eigenvalue weighted by molar-refractivity contribution is 5.95. The number of benzene rings is 3. The van der Waals surface area contributed by atoms with E-state index in [9.17, 15) is 9.59 Å². The summed E-state index contributed by atoms with van der Waals surface area (Å²) < 4.78 is 6.23. The van der Waals surface area contributed by atoms with Gasteiger partial charge in [-0.05, 0) is 61.2 Å². The molecule has 1 saturated heterocycles. The van der Waals surface area contributed by atoms with E-state index in [0.717, 1.165) is 42.7 Å². The first-order valence-corrected chi connectivity index (χ1v) is 13.8. The maximum Gasteiger partial charge on any atom is 0.263 e. The van der Waals surface area contributed by atoms with Gasteiger partial charge in [0.25, 0.3) is 11.8 Å². The van der Waals surface area contributed by atoms with E-state index in [0.29, 0.717) is 30.9 Å². The number of ether oxygens (including phenoxy) is 1. The molecular formula is C33H37N3O3. The minimum Gasteiger partial charge on any atom is -0.481 e. The van der Waals surface area contributed by atoms with Gasteiger partial charge >= 0.3 is 0 Å². The van der Waals surface area contributed by atoms with E-state index in [1.165, 1.54) is 5.56 Å². The molecule has 2 aliphatic heterocycles. The lowest BCUT2D eigenvalue weighted by molar-refractivity contribution is -0.139. The third-order valence-electron chi connectivity index (χ3n) is 7.72. The number of amides is 2. The molecule has 6 heteroatoms. The number of hydrogen-bond acceptors (Lipinski definition) is 4. The van der Waals surface area contributed by atoms with E-state index in [1.807, 2.05) is 71.3 Å². The standard InChI is InChI=1S/C33H37N3O3/c1-4-16-34-18-20-35(21-19-34)32(37)25(3)39-29-14-13-26-15-17-36(33(38)27-10-6-5-7-11-27)31(30(26)23-29)28-12-8-9-24(2)22-28/h4-14,22-23,25,31H,1,15-21H2,2-3H3/t25-,31-/m0/s1. The number of carbonyl (C=O) groups excluding carboxylic acids is 2. The molecule has 2 aliphatic rings. The fraction of sp³-hybridized carbons (Fsp3) is 0.333. The Morgan fingerprint density at radius 2 is 1.74 bits per heavy atom. The highest BCUT2D eigenvalue weighted by Crippen LogP contribution is 2.38. The minimum atomic E-state index is -0.600. The molecule has 3 aromatic carbocycles. The van der Waals surface area contributed by atoms with Crippen molar-refractivity contribution in [2.45, 2.75) is 32.4 Å². The third kappa shape index (κ3) is 5.91. The van der Waals surface area contributed by atoms with Crippen LogP contribution in [0.1, 0.15) is 45.6 Å². The first-order chi connectivity index (χ1) is 18.9. The summed E-state index contributed by atoms with van der Waals surface area (Å²) in [5, 5.41) is 0. The maximum absolute atomic E-state index is 13.7. The van der Waals surface area contributed by atoms with Crippen molar-refractivity contribution in [1.82, 2.24) is 14.7 Å². The van der Waals surface area contributed by atoms with Crippen molar-refractivity contribution in [3.8, 4) is 5.75 Å². The second kappa shape index (κ2) is 11.9. The monoisotopic (exact) mass is 523 g/mol. The van der Waals surface area contributed by atoms with Gasteiger partial charge in [0, 0.05) is 44.8 Å². The lowest BCUT2D eigenvalue weighted by Crippen LogP contribution is -2.51. The third-order valence-corrected chi connectivity index (χ3v) is 7.72. The highest BCUT2D eigenvalue weighted by atomic mass is 16.5. The van der Waals surface area contributed by atoms with Gasteiger partial charge in [-0.25, -0.2) is 0 Å². The van der Waals surface area contributed by atoms with Crippen molar-refractivity contribution in [1.29, 1.82) is 0 Å². The van der Waals surface area contributed by atoms with Crippen molar-refractivity contribution in [3.05, 3.63) is 113 Å². The van der Waals surface area contributed by atoms with Gasteiger partial charge in [0.2, 0.25) is 0 Å². The number of carbonyl (C=O) groups is 2. The number of fused-ring (bicyclic) bond motifs is 1. The Bertz CT molecular complexity index is 1330. The average molecular weight is 524 g/mol. The van der Waals surface area contributed by atoms with Crippen LogP contribution >= 0.6 is 0 Å². The van der Waals surface area contributed by atoms with E-state index in [-0.39, 0.29) is 17.9 Å². The quantitative estimate of drug-likeness (QED) is 0.414. The van der Waals surface area contributed by atoms with Gasteiger partial charge in [-0.3, -0.25) is 14.5 Å². The largest absolute Gasteiger partial charge is 0.481 e. The summed E-state index contributed by atoms with van der Waals surface area (Å²) in [6, 6.07) is 23.6. The normalized spacial score (nSPS) is 18.3. The molecule has 6 nitrogen and oxygen atoms in total. The Kier molecular flexibility index (Phi) is 8.13. The molecule has 0 unspecified atom stereocenters. The predicted molar refractivity (Wildman–Crippen MR) is 154 cm³/mol. The van der Waals surface area contributed by atoms with Crippen LogP contribution in [0.2, 0.25) is 0 Å². The van der Waals surface area contributed by atoms with Crippen LogP contribution < -0.4 is 4.74 Å². The molecule has 0 aromatic heterocycles. The number of rotatable bonds is 7. The van der Waals surface area contributed by atoms with Gasteiger partial charge in [0.1, 0.15) is 5.75 Å². The molecule has 2 heterocycles. The molecule has 5 rings (SSSR count). The van der Waals surface area contributed by atoms with Crippen molar-refractivity contribution in [2.75, 3.05) is 39.3 Å². The Morgan fingerprint density at radius 1 is 0.974 bits per heavy atom. The van der Waals surface area contributed by atoms with Gasteiger partial charge in [0.15, 0.2) is 6.10 Å². The molecule has 39 heavy (non-hydrogen) atoms. The molecule has 3 aromatic rings. The van der Waals surface area contributed by atoms with Crippen molar-refractivity contribution < 1.29 is 14.3 Å². The number of hydrogen-bond donors (Lipinski definition) is 0. The van der Waals surface area contributed by atoms with Gasteiger partial charge in [-0.15, -0.1) is 6.58 Å². The molecule has 1 fully saturated rings. The molecule has 0 spiro atoms. The predicted octanol–water partition coefficient (Wildman–Crippen LogP) is 4.88. The van der Waals surface area contributed by atoms with Crippen LogP contribution in [0.15, 0.2) is 85.5 Å². The molecule has 0 aliphatic carbocycles. The lowest BCUT2D eigenvalue weighted by Gasteiger charge is -2.38. The van der Waals surface area contributed by atoms with Crippen molar-refractivity contribution in [2.24, 2.45) is 0 Å². The number of aryl methyl sites for hydroxylation is 1. The van der Waals surface area contributed by atoms with Crippen LogP contribution in [-0.2, 0) is 11.2 Å². The fourth-order valence-electron chi connectivity index (χ4n) is 5.68. The lowest BCUT2D eigenvalue weighted by atomic mass is 9.87. The number of piperazine rings is 1. The highest BCUT2D eigenvalue weighted by Gasteiger charge is 2.33. The van der Waals surface area contributed by atoms with Gasteiger partial charge in [-0.1, -0.05) is 60.2 Å². The first kappa shape index (κ1) is 26.7. The van der Waals surface area contributed by atoms with Gasteiger partial charge in [-0.2, -0.15) is 0 Å². The van der Waals surface area contributed by atoms with E-state index >= 15 is 0 Å². The van der Waals surface area contributed by atoms with E-state index in [4.69, 9.17) is 4.74 Å². The van der Waals surface area contributed by atoms with Crippen LogP contribution in [0.5, 0.6) is 5.75 Å². The summed E-state index contributed by atoms with van der Waals surface area (Å²) in [6.07, 6.45) is 2.06. The number of nitrogens with zero attached hydrogens (tertiary/aromatic N) is 3. The van der Waals surface area contributed by atoms with E-state index < -0.39 is 6.10 Å². The molecule has 2 amide bonds. The molecule has 2 atom stereocenters. The zero-order chi connectivity index (χ0) is 27.4. The van der Waals surface area contributed by atoms with Crippen LogP contribution in [0.25, 0.3) is 0 Å². The van der Waals surface area contributed by atoms with Crippen molar-refractivity contribution in [3.63, 3.8) is 0 Å².